The van der Waals surface area contributed by atoms with Gasteiger partial charge >= 0.3 is 0 Å². The monoisotopic (exact) mass is 2780 g/mol. The Kier molecular flexibility index (Phi) is 933. The molecule has 0 fully saturated rings. The molecule has 20 heavy (non-hydrogen) atoms. The Morgan fingerprint density at radius 2 is 0.0500 bits per heavy atom. The predicted molar refractivity (Wildman–Crippen MR) is 0 cm³/mol. The van der Waals surface area contributed by atoms with Crippen molar-refractivity contribution in [2.75, 3.05) is 0 Å². The fourth-order valence-corrected chi connectivity index (χ4v) is 0. The van der Waals surface area contributed by atoms with Crippen LogP contribution < -0.4 is 0 Å². The van der Waals surface area contributed by atoms with Crippen molar-refractivity contribution in [1.82, 2.24) is 0 Å². The molecule has 0 amide bonds. The van der Waals surface area contributed by atoms with Crippen molar-refractivity contribution in [3.8, 4) is 0 Å². The molecule has 0 aliphatic carbocycles. The van der Waals surface area contributed by atoms with Crippen molar-refractivity contribution in [1.29, 1.82) is 0 Å². The Morgan fingerprint density at radius 3 is 0.0500 bits per heavy atom. The summed E-state index contributed by atoms with van der Waals surface area (Å²) < 4.78 is 0. The van der Waals surface area contributed by atoms with Gasteiger partial charge < -0.3 is 0 Å². The molecule has 0 aliphatic rings. The number of rotatable bonds is 0. The van der Waals surface area contributed by atoms with Crippen LogP contribution in [0.15, 0.2) is 0 Å². The average Bonchev–Trinajstić information content (AvgIpc) is 0. The molecule has 20 radical (unpaired) electrons. The van der Waals surface area contributed by atoms with Crippen LogP contribution in [-0.2, 0) is 0 Å². The maximum Gasteiger partial charge on any atom is 0 e. The van der Waals surface area contributed by atoms with Gasteiger partial charge in [0, 0.05) is 712 Å². The summed E-state index contributed by atoms with van der Waals surface area (Å²) in [4.78, 5) is 0. The van der Waals surface area contributed by atoms with E-state index in [-0.39, 0.29) is 712 Å². The van der Waals surface area contributed by atoms with Crippen molar-refractivity contribution in [3.05, 3.63) is 0 Å². The van der Waals surface area contributed by atoms with Gasteiger partial charge in [-0.1, -0.05) is 0 Å². The first kappa shape index (κ1) is 141. The number of hydrogen-bond acceptors (Lipinski definition) is 0. The SMILES string of the molecule is [La].[La].[La].[La].[La].[La].[La].[La].[La].[La].[La].[La].[La].[La].[La].[La].[La].[La].[La].[La]. The van der Waals surface area contributed by atoms with Gasteiger partial charge in [0.15, 0.2) is 0 Å². The summed E-state index contributed by atoms with van der Waals surface area (Å²) in [6, 6.07) is 0. The molecule has 0 aromatic carbocycles. The van der Waals surface area contributed by atoms with E-state index in [2.05, 4.69) is 0 Å². The zero-order valence-corrected chi connectivity index (χ0v) is 84.1. The van der Waals surface area contributed by atoms with Crippen LogP contribution in [0.5, 0.6) is 0 Å². The Morgan fingerprint density at radius 1 is 0.0500 bits per heavy atom. The standard InChI is InChI=1S/20La. The van der Waals surface area contributed by atoms with Crippen LogP contribution in [-0.4, -0.2) is 0 Å². The molecule has 0 saturated heterocycles. The molecule has 0 rings (SSSR count). The Hall–Kier alpha value is 23.9. The smallest absolute Gasteiger partial charge is 0 e. The predicted octanol–water partition coefficient (Wildman–Crippen LogP) is 0. The zero-order valence-electron chi connectivity index (χ0n) is 11.5. The quantitative estimate of drug-likeness (QED) is 0.321. The molecule has 60 valence electrons. The minimum atomic E-state index is 0. The van der Waals surface area contributed by atoms with E-state index in [4.69, 9.17) is 0 Å². The molecule has 0 bridgehead atoms. The molecule has 0 aromatic rings. The van der Waals surface area contributed by atoms with Crippen LogP contribution in [0.4, 0.5) is 0 Å². The van der Waals surface area contributed by atoms with Gasteiger partial charge in [0.1, 0.15) is 0 Å². The second-order valence-corrected chi connectivity index (χ2v) is 0. The second kappa shape index (κ2) is 132. The Balaban J connectivity index is 0. The summed E-state index contributed by atoms with van der Waals surface area (Å²) in [6.45, 7) is 0. The van der Waals surface area contributed by atoms with Crippen LogP contribution in [0.25, 0.3) is 0 Å². The van der Waals surface area contributed by atoms with E-state index in [9.17, 15) is 0 Å². The van der Waals surface area contributed by atoms with E-state index < -0.39 is 0 Å². The van der Waals surface area contributed by atoms with Gasteiger partial charge in [-0.25, -0.2) is 0 Å². The van der Waals surface area contributed by atoms with Gasteiger partial charge in [0.2, 0.25) is 0 Å². The molecular weight excluding hydrogens is 2780 g/mol. The average molecular weight is 2780 g/mol. The van der Waals surface area contributed by atoms with E-state index >= 15 is 0 Å². The molecule has 0 aliphatic heterocycles. The van der Waals surface area contributed by atoms with Gasteiger partial charge in [0.05, 0.1) is 0 Å². The molecule has 20 heteroatoms. The normalized spacial score (nSPS) is 0. The first-order valence-corrected chi connectivity index (χ1v) is 0. The maximum absolute atomic E-state index is 0. The van der Waals surface area contributed by atoms with Crippen molar-refractivity contribution in [2.45, 2.75) is 0 Å². The van der Waals surface area contributed by atoms with Crippen molar-refractivity contribution < 1.29 is 712 Å². The number of hydrogen-bond donors (Lipinski definition) is 0. The Labute approximate surface area is 683 Å². The van der Waals surface area contributed by atoms with Crippen LogP contribution in [0.1, 0.15) is 0 Å². The minimum Gasteiger partial charge on any atom is 0 e. The third kappa shape index (κ3) is 123. The molecular formula is La20. The third-order valence-corrected chi connectivity index (χ3v) is 0. The molecule has 0 nitrogen and oxygen atoms in total. The van der Waals surface area contributed by atoms with Crippen LogP contribution in [0.3, 0.4) is 0 Å². The molecule has 0 heterocycles. The summed E-state index contributed by atoms with van der Waals surface area (Å²) in [5.41, 5.74) is 0. The van der Waals surface area contributed by atoms with E-state index in [0.717, 1.165) is 0 Å². The second-order valence-electron chi connectivity index (χ2n) is 0. The maximum atomic E-state index is 0. The van der Waals surface area contributed by atoms with E-state index in [1.807, 2.05) is 0 Å². The van der Waals surface area contributed by atoms with Crippen LogP contribution in [0.2, 0.25) is 0 Å². The van der Waals surface area contributed by atoms with Crippen molar-refractivity contribution in [2.24, 2.45) is 0 Å². The molecule has 0 unspecified atom stereocenters. The molecule has 0 N–H and O–H groups in total. The van der Waals surface area contributed by atoms with Crippen LogP contribution in [0, 0.1) is 712 Å². The van der Waals surface area contributed by atoms with Crippen molar-refractivity contribution in [3.63, 3.8) is 0 Å². The minimum absolute atomic E-state index is 0. The third-order valence-electron chi connectivity index (χ3n) is 0. The fraction of sp³-hybridized carbons (Fsp3) is 0. The molecule has 0 spiro atoms. The zero-order chi connectivity index (χ0) is 0. The first-order chi connectivity index (χ1) is 0. The molecule has 0 aromatic heterocycles. The van der Waals surface area contributed by atoms with E-state index in [1.54, 1.807) is 0 Å². The van der Waals surface area contributed by atoms with E-state index in [0.29, 0.717) is 0 Å². The topological polar surface area (TPSA) is 0 Å². The Bertz CT molecular complexity index is 0. The summed E-state index contributed by atoms with van der Waals surface area (Å²) in [6.07, 6.45) is 0. The fourth-order valence-electron chi connectivity index (χ4n) is 0. The van der Waals surface area contributed by atoms with Gasteiger partial charge in [0.25, 0.3) is 0 Å². The van der Waals surface area contributed by atoms with Gasteiger partial charge in [-0.2, -0.15) is 0 Å². The molecule has 0 saturated carbocycles. The summed E-state index contributed by atoms with van der Waals surface area (Å²) in [5, 5.41) is 0. The molecule has 0 atom stereocenters. The summed E-state index contributed by atoms with van der Waals surface area (Å²) >= 11 is 0. The largest absolute Gasteiger partial charge is 0 e. The van der Waals surface area contributed by atoms with E-state index in [1.165, 1.54) is 0 Å². The van der Waals surface area contributed by atoms with Gasteiger partial charge in [-0.05, 0) is 0 Å². The van der Waals surface area contributed by atoms with Crippen LogP contribution >= 0.6 is 0 Å². The van der Waals surface area contributed by atoms with Crippen molar-refractivity contribution >= 4 is 0 Å². The first-order valence-electron chi connectivity index (χ1n) is 0. The summed E-state index contributed by atoms with van der Waals surface area (Å²) in [5.74, 6) is 0. The van der Waals surface area contributed by atoms with Gasteiger partial charge in [-0.3, -0.25) is 0 Å². The summed E-state index contributed by atoms with van der Waals surface area (Å²) in [7, 11) is 0. The van der Waals surface area contributed by atoms with Gasteiger partial charge in [-0.15, -0.1) is 0 Å².